The number of carbonyl (C=O) groups excluding carboxylic acids is 1. The summed E-state index contributed by atoms with van der Waals surface area (Å²) in [7, 11) is 0. The number of nitrogens with one attached hydrogen (secondary N) is 1. The van der Waals surface area contributed by atoms with Gasteiger partial charge >= 0.3 is 0 Å². The van der Waals surface area contributed by atoms with Gasteiger partial charge < -0.3 is 5.32 Å². The second-order valence-corrected chi connectivity index (χ2v) is 3.70. The Bertz CT molecular complexity index is 357. The Labute approximate surface area is 84.3 Å². The molecule has 74 valence electrons. The summed E-state index contributed by atoms with van der Waals surface area (Å²) in [6.07, 6.45) is 3.69. The quantitative estimate of drug-likeness (QED) is 0.722. The smallest absolute Gasteiger partial charge is 0.224 e. The number of benzene rings is 1. The van der Waals surface area contributed by atoms with Crippen molar-refractivity contribution in [1.29, 1.82) is 0 Å². The maximum absolute atomic E-state index is 11.3. The maximum atomic E-state index is 11.3. The molecule has 0 atom stereocenters. The molecule has 1 aliphatic heterocycles. The van der Waals surface area contributed by atoms with Gasteiger partial charge in [-0.1, -0.05) is 19.1 Å². The number of anilines is 1. The van der Waals surface area contributed by atoms with Crippen LogP contribution in [0.3, 0.4) is 0 Å². The molecule has 0 saturated heterocycles. The summed E-state index contributed by atoms with van der Waals surface area (Å²) >= 11 is 0. The third-order valence-electron chi connectivity index (χ3n) is 2.76. The molecule has 1 amide bonds. The number of amides is 1. The summed E-state index contributed by atoms with van der Waals surface area (Å²) in [5.74, 6) is 0.150. The van der Waals surface area contributed by atoms with Gasteiger partial charge in [-0.3, -0.25) is 4.79 Å². The Morgan fingerprint density at radius 2 is 2.21 bits per heavy atom. The molecule has 1 heterocycles. The summed E-state index contributed by atoms with van der Waals surface area (Å²) in [5.41, 5.74) is 3.72. The van der Waals surface area contributed by atoms with E-state index in [2.05, 4.69) is 18.3 Å². The van der Waals surface area contributed by atoms with Crippen LogP contribution in [0.4, 0.5) is 5.69 Å². The number of rotatable bonds is 1. The minimum absolute atomic E-state index is 0.150. The number of hydrogen-bond acceptors (Lipinski definition) is 1. The van der Waals surface area contributed by atoms with Gasteiger partial charge in [-0.25, -0.2) is 0 Å². The van der Waals surface area contributed by atoms with Crippen LogP contribution in [0.5, 0.6) is 0 Å². The first-order valence-corrected chi connectivity index (χ1v) is 5.22. The highest BCUT2D eigenvalue weighted by Crippen LogP contribution is 2.25. The minimum Gasteiger partial charge on any atom is -0.326 e. The van der Waals surface area contributed by atoms with E-state index in [-0.39, 0.29) is 5.91 Å². The molecule has 2 heteroatoms. The van der Waals surface area contributed by atoms with Crippen LogP contribution < -0.4 is 5.32 Å². The number of fused-ring (bicyclic) bond motifs is 1. The van der Waals surface area contributed by atoms with E-state index in [1.165, 1.54) is 11.1 Å². The summed E-state index contributed by atoms with van der Waals surface area (Å²) in [6.45, 7) is 2.16. The zero-order valence-electron chi connectivity index (χ0n) is 8.47. The molecule has 1 aromatic rings. The Kier molecular flexibility index (Phi) is 2.53. The standard InChI is InChI=1S/C12H15NO/c1-2-9-5-3-7-11-10(9)6-4-8-12(14)13-11/h3,5,7H,2,4,6,8H2,1H3,(H,13,14). The van der Waals surface area contributed by atoms with Gasteiger partial charge in [0.2, 0.25) is 5.91 Å². The fraction of sp³-hybridized carbons (Fsp3) is 0.417. The summed E-state index contributed by atoms with van der Waals surface area (Å²) in [6, 6.07) is 6.16. The fourth-order valence-corrected chi connectivity index (χ4v) is 2.02. The van der Waals surface area contributed by atoms with Crippen LogP contribution in [0.25, 0.3) is 0 Å². The molecule has 0 radical (unpaired) electrons. The predicted octanol–water partition coefficient (Wildman–Crippen LogP) is 2.52. The highest BCUT2D eigenvalue weighted by Gasteiger charge is 2.14. The van der Waals surface area contributed by atoms with Crippen molar-refractivity contribution < 1.29 is 4.79 Å². The largest absolute Gasteiger partial charge is 0.326 e. The molecule has 0 aromatic heterocycles. The molecule has 0 unspecified atom stereocenters. The molecule has 1 N–H and O–H groups in total. The Morgan fingerprint density at radius 3 is 3.00 bits per heavy atom. The van der Waals surface area contributed by atoms with Crippen molar-refractivity contribution >= 4 is 11.6 Å². The lowest BCUT2D eigenvalue weighted by molar-refractivity contribution is -0.116. The third kappa shape index (κ3) is 1.65. The van der Waals surface area contributed by atoms with Gasteiger partial charge in [0, 0.05) is 12.1 Å². The summed E-state index contributed by atoms with van der Waals surface area (Å²) in [5, 5.41) is 2.96. The molecular weight excluding hydrogens is 174 g/mol. The highest BCUT2D eigenvalue weighted by atomic mass is 16.1. The average Bonchev–Trinajstić information content (AvgIpc) is 2.37. The lowest BCUT2D eigenvalue weighted by Gasteiger charge is -2.10. The topological polar surface area (TPSA) is 29.1 Å². The molecule has 1 aromatic carbocycles. The van der Waals surface area contributed by atoms with Crippen LogP contribution in [-0.4, -0.2) is 5.91 Å². The van der Waals surface area contributed by atoms with Gasteiger partial charge in [-0.05, 0) is 36.5 Å². The summed E-state index contributed by atoms with van der Waals surface area (Å²) < 4.78 is 0. The molecule has 1 aliphatic rings. The number of hydrogen-bond donors (Lipinski definition) is 1. The number of carbonyl (C=O) groups is 1. The van der Waals surface area contributed by atoms with Gasteiger partial charge in [-0.2, -0.15) is 0 Å². The van der Waals surface area contributed by atoms with Crippen LogP contribution in [0.15, 0.2) is 18.2 Å². The van der Waals surface area contributed by atoms with E-state index < -0.39 is 0 Å². The molecule has 0 fully saturated rings. The van der Waals surface area contributed by atoms with E-state index in [0.29, 0.717) is 6.42 Å². The minimum atomic E-state index is 0.150. The van der Waals surface area contributed by atoms with Crippen molar-refractivity contribution in [2.24, 2.45) is 0 Å². The Hall–Kier alpha value is -1.31. The maximum Gasteiger partial charge on any atom is 0.224 e. The first-order chi connectivity index (χ1) is 6.81. The van der Waals surface area contributed by atoms with Crippen molar-refractivity contribution in [2.75, 3.05) is 5.32 Å². The fourth-order valence-electron chi connectivity index (χ4n) is 2.02. The molecule has 0 aliphatic carbocycles. The molecule has 0 saturated carbocycles. The van der Waals surface area contributed by atoms with Gasteiger partial charge in [0.1, 0.15) is 0 Å². The molecular formula is C12H15NO. The zero-order chi connectivity index (χ0) is 9.97. The predicted molar refractivity (Wildman–Crippen MR) is 57.4 cm³/mol. The van der Waals surface area contributed by atoms with Crippen LogP contribution in [0, 0.1) is 0 Å². The first-order valence-electron chi connectivity index (χ1n) is 5.22. The molecule has 0 bridgehead atoms. The Balaban J connectivity index is 2.43. The van der Waals surface area contributed by atoms with Gasteiger partial charge in [0.05, 0.1) is 0 Å². The van der Waals surface area contributed by atoms with E-state index in [9.17, 15) is 4.79 Å². The monoisotopic (exact) mass is 189 g/mol. The lowest BCUT2D eigenvalue weighted by Crippen LogP contribution is -2.09. The average molecular weight is 189 g/mol. The summed E-state index contributed by atoms with van der Waals surface area (Å²) in [4.78, 5) is 11.3. The van der Waals surface area contributed by atoms with Crippen molar-refractivity contribution in [2.45, 2.75) is 32.6 Å². The lowest BCUT2D eigenvalue weighted by atomic mass is 9.99. The van der Waals surface area contributed by atoms with Crippen LogP contribution in [0.2, 0.25) is 0 Å². The second kappa shape index (κ2) is 3.82. The van der Waals surface area contributed by atoms with E-state index in [0.717, 1.165) is 24.9 Å². The number of aryl methyl sites for hydroxylation is 1. The van der Waals surface area contributed by atoms with Crippen LogP contribution in [0.1, 0.15) is 30.9 Å². The van der Waals surface area contributed by atoms with E-state index in [4.69, 9.17) is 0 Å². The Morgan fingerprint density at radius 1 is 1.36 bits per heavy atom. The molecule has 2 nitrogen and oxygen atoms in total. The van der Waals surface area contributed by atoms with Crippen molar-refractivity contribution in [3.63, 3.8) is 0 Å². The van der Waals surface area contributed by atoms with Crippen LogP contribution >= 0.6 is 0 Å². The van der Waals surface area contributed by atoms with E-state index >= 15 is 0 Å². The molecule has 2 rings (SSSR count). The van der Waals surface area contributed by atoms with Crippen LogP contribution in [-0.2, 0) is 17.6 Å². The highest BCUT2D eigenvalue weighted by molar-refractivity contribution is 5.92. The SMILES string of the molecule is CCc1cccc2c1CCCC(=O)N2. The zero-order valence-corrected chi connectivity index (χ0v) is 8.47. The first kappa shape index (κ1) is 9.25. The normalized spacial score (nSPS) is 15.6. The van der Waals surface area contributed by atoms with Crippen molar-refractivity contribution in [1.82, 2.24) is 0 Å². The van der Waals surface area contributed by atoms with E-state index in [1.54, 1.807) is 0 Å². The van der Waals surface area contributed by atoms with Gasteiger partial charge in [0.25, 0.3) is 0 Å². The second-order valence-electron chi connectivity index (χ2n) is 3.70. The van der Waals surface area contributed by atoms with E-state index in [1.807, 2.05) is 12.1 Å². The van der Waals surface area contributed by atoms with Gasteiger partial charge in [0.15, 0.2) is 0 Å². The third-order valence-corrected chi connectivity index (χ3v) is 2.76. The van der Waals surface area contributed by atoms with Gasteiger partial charge in [-0.15, -0.1) is 0 Å². The van der Waals surface area contributed by atoms with Crippen molar-refractivity contribution in [3.8, 4) is 0 Å². The molecule has 14 heavy (non-hydrogen) atoms. The van der Waals surface area contributed by atoms with Crippen molar-refractivity contribution in [3.05, 3.63) is 29.3 Å². The molecule has 0 spiro atoms.